The van der Waals surface area contributed by atoms with E-state index in [1.165, 1.54) is 5.56 Å². The number of hydrogen-bond acceptors (Lipinski definition) is 3. The molecule has 2 amide bonds. The zero-order chi connectivity index (χ0) is 18.4. The van der Waals surface area contributed by atoms with Crippen molar-refractivity contribution in [1.29, 1.82) is 0 Å². The number of amides is 2. The Bertz CT molecular complexity index is 884. The highest BCUT2D eigenvalue weighted by Crippen LogP contribution is 2.08. The Morgan fingerprint density at radius 1 is 0.846 bits per heavy atom. The largest absolute Gasteiger partial charge is 0.467 e. The Kier molecular flexibility index (Phi) is 5.49. The monoisotopic (exact) mass is 348 g/mol. The maximum Gasteiger partial charge on any atom is 0.251 e. The van der Waals surface area contributed by atoms with E-state index in [0.29, 0.717) is 30.0 Å². The fourth-order valence-electron chi connectivity index (χ4n) is 2.47. The Balaban J connectivity index is 1.59. The Morgan fingerprint density at radius 3 is 2.12 bits per heavy atom. The molecule has 2 N–H and O–H groups in total. The van der Waals surface area contributed by atoms with Crippen LogP contribution in [0.2, 0.25) is 0 Å². The molecule has 1 aromatic heterocycles. The molecule has 0 atom stereocenters. The smallest absolute Gasteiger partial charge is 0.251 e. The standard InChI is InChI=1S/C21H20N2O3/c1-15-7-9-16(10-8-15)13-22-20(24)17-4-2-5-18(12-17)21(25)23-14-19-6-3-11-26-19/h2-12H,13-14H2,1H3,(H,22,24)(H,23,25). The molecular formula is C21H20N2O3. The lowest BCUT2D eigenvalue weighted by Crippen LogP contribution is -2.25. The Hall–Kier alpha value is -3.34. The van der Waals surface area contributed by atoms with E-state index in [-0.39, 0.29) is 11.8 Å². The van der Waals surface area contributed by atoms with Crippen LogP contribution in [-0.2, 0) is 13.1 Å². The van der Waals surface area contributed by atoms with Crippen LogP contribution in [0.15, 0.2) is 71.3 Å². The Labute approximate surface area is 152 Å². The van der Waals surface area contributed by atoms with E-state index in [4.69, 9.17) is 4.42 Å². The quantitative estimate of drug-likeness (QED) is 0.717. The lowest BCUT2D eigenvalue weighted by Gasteiger charge is -2.08. The van der Waals surface area contributed by atoms with Crippen molar-refractivity contribution in [3.05, 3.63) is 94.9 Å². The predicted molar refractivity (Wildman–Crippen MR) is 98.7 cm³/mol. The molecule has 0 radical (unpaired) electrons. The zero-order valence-corrected chi connectivity index (χ0v) is 14.5. The second kappa shape index (κ2) is 8.16. The number of benzene rings is 2. The van der Waals surface area contributed by atoms with Crippen LogP contribution in [0.3, 0.4) is 0 Å². The third-order valence-electron chi connectivity index (χ3n) is 3.96. The molecule has 132 valence electrons. The average molecular weight is 348 g/mol. The molecule has 0 bridgehead atoms. The summed E-state index contributed by atoms with van der Waals surface area (Å²) >= 11 is 0. The summed E-state index contributed by atoms with van der Waals surface area (Å²) in [5.41, 5.74) is 3.08. The van der Waals surface area contributed by atoms with E-state index in [2.05, 4.69) is 10.6 Å². The minimum absolute atomic E-state index is 0.216. The molecule has 0 fully saturated rings. The summed E-state index contributed by atoms with van der Waals surface area (Å²) in [6.45, 7) is 2.76. The van der Waals surface area contributed by atoms with Gasteiger partial charge in [0.25, 0.3) is 11.8 Å². The molecule has 0 saturated heterocycles. The van der Waals surface area contributed by atoms with Crippen molar-refractivity contribution in [2.45, 2.75) is 20.0 Å². The first-order chi connectivity index (χ1) is 12.6. The van der Waals surface area contributed by atoms with E-state index >= 15 is 0 Å². The summed E-state index contributed by atoms with van der Waals surface area (Å²) in [4.78, 5) is 24.6. The summed E-state index contributed by atoms with van der Waals surface area (Å²) in [5, 5.41) is 5.64. The number of furan rings is 1. The van der Waals surface area contributed by atoms with Crippen molar-refractivity contribution >= 4 is 11.8 Å². The van der Waals surface area contributed by atoms with Gasteiger partial charge >= 0.3 is 0 Å². The lowest BCUT2D eigenvalue weighted by atomic mass is 10.1. The van der Waals surface area contributed by atoms with E-state index in [1.54, 1.807) is 42.7 Å². The third kappa shape index (κ3) is 4.60. The highest BCUT2D eigenvalue weighted by Gasteiger charge is 2.11. The van der Waals surface area contributed by atoms with E-state index < -0.39 is 0 Å². The van der Waals surface area contributed by atoms with Gasteiger partial charge in [-0.1, -0.05) is 35.9 Å². The van der Waals surface area contributed by atoms with Crippen molar-refractivity contribution < 1.29 is 14.0 Å². The summed E-state index contributed by atoms with van der Waals surface area (Å²) in [7, 11) is 0. The molecule has 0 spiro atoms. The first kappa shape index (κ1) is 17.5. The van der Waals surface area contributed by atoms with Gasteiger partial charge in [-0.25, -0.2) is 0 Å². The van der Waals surface area contributed by atoms with Crippen molar-refractivity contribution in [3.8, 4) is 0 Å². The molecule has 3 rings (SSSR count). The van der Waals surface area contributed by atoms with Crippen LogP contribution in [0.5, 0.6) is 0 Å². The van der Waals surface area contributed by atoms with Gasteiger partial charge in [0.1, 0.15) is 5.76 Å². The molecule has 5 heteroatoms. The van der Waals surface area contributed by atoms with Crippen molar-refractivity contribution in [2.75, 3.05) is 0 Å². The van der Waals surface area contributed by atoms with Crippen LogP contribution in [0, 0.1) is 6.92 Å². The van der Waals surface area contributed by atoms with Gasteiger partial charge in [0.2, 0.25) is 0 Å². The van der Waals surface area contributed by atoms with Gasteiger partial charge in [-0.2, -0.15) is 0 Å². The summed E-state index contributed by atoms with van der Waals surface area (Å²) < 4.78 is 5.18. The SMILES string of the molecule is Cc1ccc(CNC(=O)c2cccc(C(=O)NCc3ccco3)c2)cc1. The molecule has 0 saturated carbocycles. The van der Waals surface area contributed by atoms with E-state index in [0.717, 1.165) is 5.56 Å². The summed E-state index contributed by atoms with van der Waals surface area (Å²) in [6, 6.07) is 18.2. The fraction of sp³-hybridized carbons (Fsp3) is 0.143. The molecule has 0 aliphatic carbocycles. The van der Waals surface area contributed by atoms with Crippen LogP contribution in [0.25, 0.3) is 0 Å². The van der Waals surface area contributed by atoms with Crippen LogP contribution in [-0.4, -0.2) is 11.8 Å². The van der Waals surface area contributed by atoms with Crippen LogP contribution in [0.4, 0.5) is 0 Å². The topological polar surface area (TPSA) is 71.3 Å². The summed E-state index contributed by atoms with van der Waals surface area (Å²) in [5.74, 6) is 0.200. The summed E-state index contributed by atoms with van der Waals surface area (Å²) in [6.07, 6.45) is 1.56. The molecule has 3 aromatic rings. The molecule has 2 aromatic carbocycles. The van der Waals surface area contributed by atoms with Gasteiger partial charge in [0.05, 0.1) is 12.8 Å². The van der Waals surface area contributed by atoms with Crippen LogP contribution in [0.1, 0.15) is 37.6 Å². The highest BCUT2D eigenvalue weighted by molar-refractivity contribution is 5.99. The van der Waals surface area contributed by atoms with Gasteiger partial charge < -0.3 is 15.1 Å². The van der Waals surface area contributed by atoms with Gasteiger partial charge in [0, 0.05) is 17.7 Å². The molecule has 0 unspecified atom stereocenters. The number of hydrogen-bond donors (Lipinski definition) is 2. The maximum atomic E-state index is 12.3. The van der Waals surface area contributed by atoms with Crippen LogP contribution >= 0.6 is 0 Å². The van der Waals surface area contributed by atoms with Crippen molar-refractivity contribution in [1.82, 2.24) is 10.6 Å². The molecule has 0 aliphatic heterocycles. The molecule has 1 heterocycles. The second-order valence-electron chi connectivity index (χ2n) is 6.01. The number of carbonyl (C=O) groups excluding carboxylic acids is 2. The maximum absolute atomic E-state index is 12.3. The van der Waals surface area contributed by atoms with Gasteiger partial charge in [-0.05, 0) is 42.8 Å². The fourth-order valence-corrected chi connectivity index (χ4v) is 2.47. The second-order valence-corrected chi connectivity index (χ2v) is 6.01. The minimum atomic E-state index is -0.255. The van der Waals surface area contributed by atoms with E-state index in [1.807, 2.05) is 31.2 Å². The third-order valence-corrected chi connectivity index (χ3v) is 3.96. The minimum Gasteiger partial charge on any atom is -0.467 e. The number of rotatable bonds is 6. The first-order valence-corrected chi connectivity index (χ1v) is 8.36. The van der Waals surface area contributed by atoms with Gasteiger partial charge in [-0.15, -0.1) is 0 Å². The average Bonchev–Trinajstić information content (AvgIpc) is 3.19. The molecule has 26 heavy (non-hydrogen) atoms. The highest BCUT2D eigenvalue weighted by atomic mass is 16.3. The molecular weight excluding hydrogens is 328 g/mol. The normalized spacial score (nSPS) is 10.3. The first-order valence-electron chi connectivity index (χ1n) is 8.36. The van der Waals surface area contributed by atoms with Crippen molar-refractivity contribution in [3.63, 3.8) is 0 Å². The van der Waals surface area contributed by atoms with Crippen LogP contribution < -0.4 is 10.6 Å². The van der Waals surface area contributed by atoms with E-state index in [9.17, 15) is 9.59 Å². The zero-order valence-electron chi connectivity index (χ0n) is 14.5. The predicted octanol–water partition coefficient (Wildman–Crippen LogP) is 3.45. The number of carbonyl (C=O) groups is 2. The van der Waals surface area contributed by atoms with Crippen molar-refractivity contribution in [2.24, 2.45) is 0 Å². The lowest BCUT2D eigenvalue weighted by molar-refractivity contribution is 0.0948. The Morgan fingerprint density at radius 2 is 1.50 bits per heavy atom. The number of nitrogens with one attached hydrogen (secondary N) is 2. The molecule has 0 aliphatic rings. The van der Waals surface area contributed by atoms with Gasteiger partial charge in [-0.3, -0.25) is 9.59 Å². The molecule has 5 nitrogen and oxygen atoms in total. The van der Waals surface area contributed by atoms with Gasteiger partial charge in [0.15, 0.2) is 0 Å². The number of aryl methyl sites for hydroxylation is 1.